The Morgan fingerprint density at radius 3 is 2.03 bits per heavy atom. The van der Waals surface area contributed by atoms with Gasteiger partial charge in [0.05, 0.1) is 11.8 Å². The maximum atomic E-state index is 13.0. The van der Waals surface area contributed by atoms with Gasteiger partial charge in [-0.05, 0) is 77.0 Å². The van der Waals surface area contributed by atoms with E-state index in [4.69, 9.17) is 9.47 Å². The molecule has 0 saturated heterocycles. The number of hydrogen-bond acceptors (Lipinski definition) is 4. The van der Waals surface area contributed by atoms with Gasteiger partial charge in [-0.1, -0.05) is 59.8 Å². The zero-order chi connectivity index (χ0) is 23.2. The fraction of sp³-hybridized carbons (Fsp3) is 0.926. The Hall–Kier alpha value is -1.06. The molecule has 0 bridgehead atoms. The van der Waals surface area contributed by atoms with E-state index in [1.54, 1.807) is 0 Å². The summed E-state index contributed by atoms with van der Waals surface area (Å²) >= 11 is 0. The monoisotopic (exact) mass is 436 g/mol. The molecule has 0 spiro atoms. The van der Waals surface area contributed by atoms with Crippen LogP contribution in [0.4, 0.5) is 0 Å². The number of carbonyl (C=O) groups excluding carboxylic acids is 2. The van der Waals surface area contributed by atoms with Crippen molar-refractivity contribution in [3.05, 3.63) is 0 Å². The molecule has 31 heavy (non-hydrogen) atoms. The molecular weight excluding hydrogens is 388 g/mol. The van der Waals surface area contributed by atoms with Crippen LogP contribution in [0.1, 0.15) is 119 Å². The van der Waals surface area contributed by atoms with Gasteiger partial charge in [-0.25, -0.2) is 0 Å². The minimum Gasteiger partial charge on any atom is -0.459 e. The van der Waals surface area contributed by atoms with Gasteiger partial charge in [0.2, 0.25) is 0 Å². The van der Waals surface area contributed by atoms with E-state index in [0.717, 1.165) is 38.5 Å². The SMILES string of the molecule is CCC(C)(OC(=O)C(C)CC1CCCC(C(C)(C)OC(=O)C(C)C)C1)C1CCCCC1. The first-order valence-corrected chi connectivity index (χ1v) is 12.9. The molecule has 0 heterocycles. The molecular formula is C27H48O4. The summed E-state index contributed by atoms with van der Waals surface area (Å²) in [6, 6.07) is 0. The standard InChI is InChI=1S/C27H48O4/c1-8-27(7,22-14-10-9-11-15-22)31-25(29)20(4)17-21-13-12-16-23(18-21)26(5,6)30-24(28)19(2)3/h19-23H,8-18H2,1-7H3. The maximum Gasteiger partial charge on any atom is 0.309 e. The van der Waals surface area contributed by atoms with Crippen LogP contribution in [-0.4, -0.2) is 23.1 Å². The maximum absolute atomic E-state index is 13.0. The summed E-state index contributed by atoms with van der Waals surface area (Å²) in [7, 11) is 0. The van der Waals surface area contributed by atoms with Crippen molar-refractivity contribution < 1.29 is 19.1 Å². The fourth-order valence-corrected chi connectivity index (χ4v) is 5.68. The van der Waals surface area contributed by atoms with Crippen molar-refractivity contribution in [1.29, 1.82) is 0 Å². The zero-order valence-corrected chi connectivity index (χ0v) is 21.3. The quantitative estimate of drug-likeness (QED) is 0.362. The second kappa shape index (κ2) is 11.2. The molecule has 4 heteroatoms. The van der Waals surface area contributed by atoms with E-state index in [-0.39, 0.29) is 29.4 Å². The molecule has 180 valence electrons. The Balaban J connectivity index is 1.92. The molecule has 0 aromatic heterocycles. The predicted octanol–water partition coefficient (Wildman–Crippen LogP) is 7.09. The average Bonchev–Trinajstić information content (AvgIpc) is 2.74. The minimum absolute atomic E-state index is 0.0254. The molecule has 2 rings (SSSR count). The van der Waals surface area contributed by atoms with Gasteiger partial charge in [0.15, 0.2) is 0 Å². The topological polar surface area (TPSA) is 52.6 Å². The van der Waals surface area contributed by atoms with E-state index >= 15 is 0 Å². The second-order valence-electron chi connectivity index (χ2n) is 11.5. The highest BCUT2D eigenvalue weighted by molar-refractivity contribution is 5.72. The van der Waals surface area contributed by atoms with Crippen LogP contribution in [-0.2, 0) is 19.1 Å². The summed E-state index contributed by atoms with van der Waals surface area (Å²) in [5.41, 5.74) is -0.778. The molecule has 0 aliphatic heterocycles. The highest BCUT2D eigenvalue weighted by Crippen LogP contribution is 2.41. The largest absolute Gasteiger partial charge is 0.459 e. The molecule has 4 unspecified atom stereocenters. The number of ether oxygens (including phenoxy) is 2. The van der Waals surface area contributed by atoms with Crippen LogP contribution in [0.5, 0.6) is 0 Å². The van der Waals surface area contributed by atoms with Gasteiger partial charge < -0.3 is 9.47 Å². The van der Waals surface area contributed by atoms with Crippen molar-refractivity contribution in [3.8, 4) is 0 Å². The smallest absolute Gasteiger partial charge is 0.309 e. The Morgan fingerprint density at radius 2 is 1.45 bits per heavy atom. The molecule has 4 atom stereocenters. The highest BCUT2D eigenvalue weighted by atomic mass is 16.6. The number of carbonyl (C=O) groups is 2. The first-order chi connectivity index (χ1) is 14.5. The summed E-state index contributed by atoms with van der Waals surface area (Å²) < 4.78 is 12.1. The normalized spacial score (nSPS) is 26.2. The van der Waals surface area contributed by atoms with Crippen molar-refractivity contribution in [2.24, 2.45) is 29.6 Å². The van der Waals surface area contributed by atoms with Crippen molar-refractivity contribution >= 4 is 11.9 Å². The molecule has 0 aromatic rings. The summed E-state index contributed by atoms with van der Waals surface area (Å²) in [6.07, 6.45) is 12.3. The third-order valence-corrected chi connectivity index (χ3v) is 8.19. The lowest BCUT2D eigenvalue weighted by Gasteiger charge is -2.41. The number of hydrogen-bond donors (Lipinski definition) is 0. The van der Waals surface area contributed by atoms with Crippen LogP contribution in [0.3, 0.4) is 0 Å². The first kappa shape index (κ1) is 26.2. The molecule has 2 fully saturated rings. The van der Waals surface area contributed by atoms with Gasteiger partial charge in [-0.2, -0.15) is 0 Å². The van der Waals surface area contributed by atoms with E-state index < -0.39 is 5.60 Å². The van der Waals surface area contributed by atoms with Crippen LogP contribution in [0, 0.1) is 29.6 Å². The molecule has 4 nitrogen and oxygen atoms in total. The Kier molecular flexibility index (Phi) is 9.45. The molecule has 2 saturated carbocycles. The van der Waals surface area contributed by atoms with E-state index in [9.17, 15) is 9.59 Å². The van der Waals surface area contributed by atoms with Crippen LogP contribution in [0.2, 0.25) is 0 Å². The number of esters is 2. The van der Waals surface area contributed by atoms with Crippen molar-refractivity contribution in [3.63, 3.8) is 0 Å². The van der Waals surface area contributed by atoms with Crippen molar-refractivity contribution in [2.75, 3.05) is 0 Å². The lowest BCUT2D eigenvalue weighted by molar-refractivity contribution is -0.171. The zero-order valence-electron chi connectivity index (χ0n) is 21.3. The first-order valence-electron chi connectivity index (χ1n) is 12.9. The third kappa shape index (κ3) is 7.22. The van der Waals surface area contributed by atoms with Gasteiger partial charge >= 0.3 is 11.9 Å². The molecule has 0 N–H and O–H groups in total. The molecule has 2 aliphatic rings. The fourth-order valence-electron chi connectivity index (χ4n) is 5.68. The lowest BCUT2D eigenvalue weighted by atomic mass is 9.71. The summed E-state index contributed by atoms with van der Waals surface area (Å²) in [4.78, 5) is 25.2. The second-order valence-corrected chi connectivity index (χ2v) is 11.5. The molecule has 0 aromatic carbocycles. The van der Waals surface area contributed by atoms with Crippen molar-refractivity contribution in [1.82, 2.24) is 0 Å². The van der Waals surface area contributed by atoms with Crippen LogP contribution in [0.15, 0.2) is 0 Å². The van der Waals surface area contributed by atoms with Crippen molar-refractivity contribution in [2.45, 2.75) is 130 Å². The molecule has 2 aliphatic carbocycles. The van der Waals surface area contributed by atoms with E-state index in [0.29, 0.717) is 17.8 Å². The van der Waals surface area contributed by atoms with E-state index in [2.05, 4.69) is 27.7 Å². The van der Waals surface area contributed by atoms with E-state index in [1.165, 1.54) is 32.1 Å². The Bertz CT molecular complexity index is 590. The highest BCUT2D eigenvalue weighted by Gasteiger charge is 2.40. The Labute approximate surface area is 191 Å². The average molecular weight is 437 g/mol. The minimum atomic E-state index is -0.453. The number of rotatable bonds is 9. The molecule has 0 amide bonds. The van der Waals surface area contributed by atoms with Crippen LogP contribution < -0.4 is 0 Å². The van der Waals surface area contributed by atoms with Crippen LogP contribution >= 0.6 is 0 Å². The lowest BCUT2D eigenvalue weighted by Crippen LogP contribution is -2.42. The molecule has 0 radical (unpaired) electrons. The summed E-state index contributed by atoms with van der Waals surface area (Å²) in [5.74, 6) is 0.998. The van der Waals surface area contributed by atoms with Gasteiger partial charge in [0, 0.05) is 0 Å². The van der Waals surface area contributed by atoms with Gasteiger partial charge in [-0.15, -0.1) is 0 Å². The van der Waals surface area contributed by atoms with Gasteiger partial charge in [0.25, 0.3) is 0 Å². The predicted molar refractivity (Wildman–Crippen MR) is 126 cm³/mol. The summed E-state index contributed by atoms with van der Waals surface area (Å²) in [6.45, 7) is 14.2. The van der Waals surface area contributed by atoms with Crippen LogP contribution in [0.25, 0.3) is 0 Å². The summed E-state index contributed by atoms with van der Waals surface area (Å²) in [5, 5.41) is 0. The van der Waals surface area contributed by atoms with Gasteiger partial charge in [-0.3, -0.25) is 9.59 Å². The Morgan fingerprint density at radius 1 is 0.839 bits per heavy atom. The van der Waals surface area contributed by atoms with Gasteiger partial charge in [0.1, 0.15) is 11.2 Å². The third-order valence-electron chi connectivity index (χ3n) is 8.19. The van der Waals surface area contributed by atoms with E-state index in [1.807, 2.05) is 20.8 Å².